The summed E-state index contributed by atoms with van der Waals surface area (Å²) in [6.45, 7) is 1.99. The number of fused-ring (bicyclic) bond motifs is 1. The maximum absolute atomic E-state index is 5.89. The molecule has 2 aromatic rings. The standard InChI is InChI=1S/C12H16N4/c1-8(13)10-5-6-11-14-15-12(16(11)7-10)9-3-2-4-9/h5-9H,2-4,13H2,1H3. The van der Waals surface area contributed by atoms with Crippen molar-refractivity contribution >= 4 is 5.65 Å². The van der Waals surface area contributed by atoms with Gasteiger partial charge in [0.2, 0.25) is 0 Å². The molecule has 1 saturated carbocycles. The van der Waals surface area contributed by atoms with Crippen LogP contribution in [0.25, 0.3) is 5.65 Å². The van der Waals surface area contributed by atoms with Crippen LogP contribution in [-0.4, -0.2) is 14.6 Å². The molecule has 4 nitrogen and oxygen atoms in total. The van der Waals surface area contributed by atoms with Gasteiger partial charge in [0.1, 0.15) is 5.82 Å². The van der Waals surface area contributed by atoms with Crippen LogP contribution in [0.5, 0.6) is 0 Å². The molecule has 3 rings (SSSR count). The molecule has 0 aliphatic heterocycles. The number of hydrogen-bond donors (Lipinski definition) is 1. The lowest BCUT2D eigenvalue weighted by atomic mass is 9.85. The molecule has 1 aliphatic rings. The van der Waals surface area contributed by atoms with Crippen LogP contribution in [0.2, 0.25) is 0 Å². The highest BCUT2D eigenvalue weighted by atomic mass is 15.2. The van der Waals surface area contributed by atoms with Crippen LogP contribution in [0.3, 0.4) is 0 Å². The summed E-state index contributed by atoms with van der Waals surface area (Å²) in [7, 11) is 0. The fourth-order valence-electron chi connectivity index (χ4n) is 2.14. The molecule has 1 atom stereocenters. The molecule has 0 aromatic carbocycles. The van der Waals surface area contributed by atoms with E-state index in [1.54, 1.807) is 0 Å². The summed E-state index contributed by atoms with van der Waals surface area (Å²) >= 11 is 0. The van der Waals surface area contributed by atoms with Gasteiger partial charge in [-0.15, -0.1) is 10.2 Å². The Hall–Kier alpha value is -1.42. The molecule has 0 bridgehead atoms. The number of hydrogen-bond acceptors (Lipinski definition) is 3. The van der Waals surface area contributed by atoms with Gasteiger partial charge in [0.15, 0.2) is 5.65 Å². The minimum atomic E-state index is 0.0565. The predicted octanol–water partition coefficient (Wildman–Crippen LogP) is 2.02. The highest BCUT2D eigenvalue weighted by molar-refractivity contribution is 5.40. The van der Waals surface area contributed by atoms with Crippen molar-refractivity contribution in [3.05, 3.63) is 29.7 Å². The SMILES string of the molecule is CC(N)c1ccc2nnc(C3CCC3)n2c1. The molecule has 2 aromatic heterocycles. The minimum absolute atomic E-state index is 0.0565. The van der Waals surface area contributed by atoms with Gasteiger partial charge in [-0.25, -0.2) is 0 Å². The Morgan fingerprint density at radius 1 is 1.38 bits per heavy atom. The first-order valence-electron chi connectivity index (χ1n) is 5.86. The zero-order valence-electron chi connectivity index (χ0n) is 9.43. The Labute approximate surface area is 94.5 Å². The number of nitrogens with zero attached hydrogens (tertiary/aromatic N) is 3. The van der Waals surface area contributed by atoms with Crippen molar-refractivity contribution in [2.24, 2.45) is 5.73 Å². The zero-order chi connectivity index (χ0) is 11.1. The fraction of sp³-hybridized carbons (Fsp3) is 0.500. The summed E-state index contributed by atoms with van der Waals surface area (Å²) in [5, 5.41) is 8.48. The molecule has 1 fully saturated rings. The summed E-state index contributed by atoms with van der Waals surface area (Å²) in [5.41, 5.74) is 7.95. The Bertz CT molecular complexity index is 511. The monoisotopic (exact) mass is 216 g/mol. The smallest absolute Gasteiger partial charge is 0.160 e. The predicted molar refractivity (Wildman–Crippen MR) is 62.2 cm³/mol. The molecule has 2 heterocycles. The average molecular weight is 216 g/mol. The van der Waals surface area contributed by atoms with Gasteiger partial charge in [0.25, 0.3) is 0 Å². The van der Waals surface area contributed by atoms with Crippen LogP contribution in [0, 0.1) is 0 Å². The van der Waals surface area contributed by atoms with Gasteiger partial charge in [-0.2, -0.15) is 0 Å². The summed E-state index contributed by atoms with van der Waals surface area (Å²) in [6.07, 6.45) is 5.87. The first-order valence-corrected chi connectivity index (χ1v) is 5.86. The Morgan fingerprint density at radius 2 is 2.19 bits per heavy atom. The summed E-state index contributed by atoms with van der Waals surface area (Å²) in [6, 6.07) is 4.08. The first-order chi connectivity index (χ1) is 7.75. The average Bonchev–Trinajstić information content (AvgIpc) is 2.59. The third-order valence-electron chi connectivity index (χ3n) is 3.45. The lowest BCUT2D eigenvalue weighted by Crippen LogP contribution is -2.13. The van der Waals surface area contributed by atoms with E-state index in [9.17, 15) is 0 Å². The second-order valence-electron chi connectivity index (χ2n) is 4.67. The molecule has 16 heavy (non-hydrogen) atoms. The molecule has 0 radical (unpaired) electrons. The molecule has 0 spiro atoms. The molecule has 84 valence electrons. The largest absolute Gasteiger partial charge is 0.324 e. The molecular formula is C12H16N4. The molecule has 1 aliphatic carbocycles. The van der Waals surface area contributed by atoms with Crippen molar-refractivity contribution in [1.29, 1.82) is 0 Å². The van der Waals surface area contributed by atoms with Gasteiger partial charge in [-0.1, -0.05) is 12.5 Å². The quantitative estimate of drug-likeness (QED) is 0.835. The van der Waals surface area contributed by atoms with E-state index in [4.69, 9.17) is 5.73 Å². The van der Waals surface area contributed by atoms with E-state index >= 15 is 0 Å². The van der Waals surface area contributed by atoms with Gasteiger partial charge >= 0.3 is 0 Å². The van der Waals surface area contributed by atoms with Crippen LogP contribution in [0.15, 0.2) is 18.3 Å². The van der Waals surface area contributed by atoms with Crippen LogP contribution >= 0.6 is 0 Å². The van der Waals surface area contributed by atoms with E-state index in [1.807, 2.05) is 19.1 Å². The van der Waals surface area contributed by atoms with Crippen LogP contribution in [-0.2, 0) is 0 Å². The van der Waals surface area contributed by atoms with E-state index < -0.39 is 0 Å². The highest BCUT2D eigenvalue weighted by Gasteiger charge is 2.24. The summed E-state index contributed by atoms with van der Waals surface area (Å²) in [5.74, 6) is 1.70. The molecular weight excluding hydrogens is 200 g/mol. The highest BCUT2D eigenvalue weighted by Crippen LogP contribution is 2.35. The van der Waals surface area contributed by atoms with Gasteiger partial charge in [0, 0.05) is 18.2 Å². The number of nitrogens with two attached hydrogens (primary N) is 1. The summed E-state index contributed by atoms with van der Waals surface area (Å²) < 4.78 is 2.10. The van der Waals surface area contributed by atoms with E-state index in [1.165, 1.54) is 19.3 Å². The molecule has 0 saturated heterocycles. The number of pyridine rings is 1. The van der Waals surface area contributed by atoms with E-state index in [2.05, 4.69) is 20.8 Å². The van der Waals surface area contributed by atoms with Crippen LogP contribution in [0.1, 0.15) is 49.5 Å². The van der Waals surface area contributed by atoms with Crippen molar-refractivity contribution in [3.63, 3.8) is 0 Å². The molecule has 2 N–H and O–H groups in total. The second-order valence-corrected chi connectivity index (χ2v) is 4.67. The first kappa shape index (κ1) is 9.78. The lowest BCUT2D eigenvalue weighted by Gasteiger charge is -2.23. The fourth-order valence-corrected chi connectivity index (χ4v) is 2.14. The van der Waals surface area contributed by atoms with Crippen molar-refractivity contribution in [2.45, 2.75) is 38.1 Å². The van der Waals surface area contributed by atoms with Crippen LogP contribution in [0.4, 0.5) is 0 Å². The third-order valence-corrected chi connectivity index (χ3v) is 3.45. The molecule has 4 heteroatoms. The lowest BCUT2D eigenvalue weighted by molar-refractivity contribution is 0.398. The maximum atomic E-state index is 5.89. The van der Waals surface area contributed by atoms with Gasteiger partial charge in [-0.05, 0) is 31.4 Å². The van der Waals surface area contributed by atoms with Crippen molar-refractivity contribution in [3.8, 4) is 0 Å². The third kappa shape index (κ3) is 1.41. The topological polar surface area (TPSA) is 56.2 Å². The normalized spacial score (nSPS) is 18.6. The van der Waals surface area contributed by atoms with E-state index in [0.29, 0.717) is 5.92 Å². The minimum Gasteiger partial charge on any atom is -0.324 e. The summed E-state index contributed by atoms with van der Waals surface area (Å²) in [4.78, 5) is 0. The van der Waals surface area contributed by atoms with Crippen molar-refractivity contribution in [2.75, 3.05) is 0 Å². The van der Waals surface area contributed by atoms with Gasteiger partial charge in [0.05, 0.1) is 0 Å². The Balaban J connectivity index is 2.11. The van der Waals surface area contributed by atoms with Gasteiger partial charge < -0.3 is 5.73 Å². The zero-order valence-corrected chi connectivity index (χ0v) is 9.43. The van der Waals surface area contributed by atoms with E-state index in [0.717, 1.165) is 17.0 Å². The van der Waals surface area contributed by atoms with Crippen molar-refractivity contribution < 1.29 is 0 Å². The Kier molecular flexibility index (Phi) is 2.17. The van der Waals surface area contributed by atoms with Crippen molar-refractivity contribution in [1.82, 2.24) is 14.6 Å². The number of rotatable bonds is 2. The second kappa shape index (κ2) is 3.56. The maximum Gasteiger partial charge on any atom is 0.160 e. The van der Waals surface area contributed by atoms with Gasteiger partial charge in [-0.3, -0.25) is 4.40 Å². The van der Waals surface area contributed by atoms with Crippen LogP contribution < -0.4 is 5.73 Å². The number of aromatic nitrogens is 3. The molecule has 1 unspecified atom stereocenters. The molecule has 0 amide bonds. The van der Waals surface area contributed by atoms with E-state index in [-0.39, 0.29) is 6.04 Å². The Morgan fingerprint density at radius 3 is 2.81 bits per heavy atom.